The van der Waals surface area contributed by atoms with Crippen molar-refractivity contribution in [3.8, 4) is 0 Å². The fourth-order valence-corrected chi connectivity index (χ4v) is 3.09. The van der Waals surface area contributed by atoms with E-state index in [2.05, 4.69) is 17.1 Å². The van der Waals surface area contributed by atoms with Crippen molar-refractivity contribution in [2.24, 2.45) is 5.92 Å². The molecule has 1 heterocycles. The number of hydrogen-bond acceptors (Lipinski definition) is 2. The predicted octanol–water partition coefficient (Wildman–Crippen LogP) is 1.78. The Morgan fingerprint density at radius 2 is 2.00 bits per heavy atom. The third-order valence-corrected chi connectivity index (χ3v) is 4.14. The van der Waals surface area contributed by atoms with E-state index >= 15 is 0 Å². The molecule has 2 rings (SSSR count). The number of hydrogen-bond donors (Lipinski definition) is 1. The Labute approximate surface area is 98.6 Å². The number of nitrogens with zero attached hydrogens (tertiary/aromatic N) is 1. The lowest BCUT2D eigenvalue weighted by atomic mass is 10.1. The summed E-state index contributed by atoms with van der Waals surface area (Å²) in [5, 5.41) is 3.15. The first-order chi connectivity index (χ1) is 7.81. The molecular formula is C13H24N2O. The first-order valence-electron chi connectivity index (χ1n) is 6.83. The molecule has 1 atom stereocenters. The highest BCUT2D eigenvalue weighted by Gasteiger charge is 2.26. The van der Waals surface area contributed by atoms with Crippen molar-refractivity contribution >= 4 is 5.91 Å². The summed E-state index contributed by atoms with van der Waals surface area (Å²) in [5.41, 5.74) is 0. The zero-order chi connectivity index (χ0) is 11.4. The Hall–Kier alpha value is -0.570. The molecule has 0 bridgehead atoms. The van der Waals surface area contributed by atoms with Crippen molar-refractivity contribution < 1.29 is 4.79 Å². The van der Waals surface area contributed by atoms with Crippen molar-refractivity contribution in [2.75, 3.05) is 19.6 Å². The average molecular weight is 224 g/mol. The fraction of sp³-hybridized carbons (Fsp3) is 0.923. The summed E-state index contributed by atoms with van der Waals surface area (Å²) in [6.07, 6.45) is 7.23. The summed E-state index contributed by atoms with van der Waals surface area (Å²) in [6.45, 7) is 5.39. The maximum atomic E-state index is 11.9. The second-order valence-corrected chi connectivity index (χ2v) is 5.15. The van der Waals surface area contributed by atoms with Gasteiger partial charge in [0.25, 0.3) is 0 Å². The van der Waals surface area contributed by atoms with Gasteiger partial charge in [-0.1, -0.05) is 19.8 Å². The minimum absolute atomic E-state index is 0.306. The van der Waals surface area contributed by atoms with E-state index in [0.717, 1.165) is 25.9 Å². The standard InChI is InChI=1S/C13H24N2O/c1-2-15-9-5-8-12(15)10-14-13(16)11-6-3-4-7-11/h11-12H,2-10H2,1H3,(H,14,16). The molecule has 1 aliphatic carbocycles. The van der Waals surface area contributed by atoms with E-state index in [0.29, 0.717) is 17.9 Å². The lowest BCUT2D eigenvalue weighted by molar-refractivity contribution is -0.125. The van der Waals surface area contributed by atoms with Crippen molar-refractivity contribution in [1.29, 1.82) is 0 Å². The molecule has 16 heavy (non-hydrogen) atoms. The van der Waals surface area contributed by atoms with Gasteiger partial charge < -0.3 is 5.32 Å². The number of nitrogens with one attached hydrogen (secondary N) is 1. The zero-order valence-electron chi connectivity index (χ0n) is 10.4. The highest BCUT2D eigenvalue weighted by molar-refractivity contribution is 5.78. The summed E-state index contributed by atoms with van der Waals surface area (Å²) < 4.78 is 0. The van der Waals surface area contributed by atoms with Crippen LogP contribution in [-0.4, -0.2) is 36.5 Å². The smallest absolute Gasteiger partial charge is 0.223 e. The van der Waals surface area contributed by atoms with Crippen LogP contribution < -0.4 is 5.32 Å². The second-order valence-electron chi connectivity index (χ2n) is 5.15. The fourth-order valence-electron chi connectivity index (χ4n) is 3.09. The van der Waals surface area contributed by atoms with Crippen molar-refractivity contribution in [3.05, 3.63) is 0 Å². The Kier molecular flexibility index (Phi) is 4.22. The molecular weight excluding hydrogens is 200 g/mol. The van der Waals surface area contributed by atoms with Crippen molar-refractivity contribution in [3.63, 3.8) is 0 Å². The van der Waals surface area contributed by atoms with E-state index in [4.69, 9.17) is 0 Å². The van der Waals surface area contributed by atoms with Crippen LogP contribution in [0.2, 0.25) is 0 Å². The third-order valence-electron chi connectivity index (χ3n) is 4.14. The lowest BCUT2D eigenvalue weighted by Crippen LogP contribution is -2.41. The van der Waals surface area contributed by atoms with E-state index < -0.39 is 0 Å². The highest BCUT2D eigenvalue weighted by Crippen LogP contribution is 2.24. The van der Waals surface area contributed by atoms with Gasteiger partial charge in [-0.2, -0.15) is 0 Å². The Morgan fingerprint density at radius 1 is 1.25 bits per heavy atom. The Morgan fingerprint density at radius 3 is 2.69 bits per heavy atom. The number of likely N-dealkylation sites (tertiary alicyclic amines) is 1. The molecule has 1 unspecified atom stereocenters. The number of rotatable bonds is 4. The molecule has 1 N–H and O–H groups in total. The molecule has 1 saturated carbocycles. The van der Waals surface area contributed by atoms with E-state index in [1.165, 1.54) is 32.2 Å². The Bertz CT molecular complexity index is 236. The number of amides is 1. The van der Waals surface area contributed by atoms with Crippen LogP contribution in [0.1, 0.15) is 45.4 Å². The summed E-state index contributed by atoms with van der Waals surface area (Å²) in [7, 11) is 0. The highest BCUT2D eigenvalue weighted by atomic mass is 16.1. The van der Waals surface area contributed by atoms with E-state index in [1.54, 1.807) is 0 Å². The SMILES string of the molecule is CCN1CCCC1CNC(=O)C1CCCC1. The van der Waals surface area contributed by atoms with E-state index in [9.17, 15) is 4.79 Å². The van der Waals surface area contributed by atoms with Gasteiger partial charge in [0.1, 0.15) is 0 Å². The third kappa shape index (κ3) is 2.76. The van der Waals surface area contributed by atoms with E-state index in [1.807, 2.05) is 0 Å². The van der Waals surface area contributed by atoms with Gasteiger partial charge in [0.05, 0.1) is 0 Å². The molecule has 1 saturated heterocycles. The molecule has 3 heteroatoms. The molecule has 0 aromatic rings. The van der Waals surface area contributed by atoms with Gasteiger partial charge in [0, 0.05) is 18.5 Å². The first-order valence-corrected chi connectivity index (χ1v) is 6.83. The van der Waals surface area contributed by atoms with E-state index in [-0.39, 0.29) is 0 Å². The first kappa shape index (κ1) is 11.9. The van der Waals surface area contributed by atoms with Crippen molar-refractivity contribution in [2.45, 2.75) is 51.5 Å². The quantitative estimate of drug-likeness (QED) is 0.789. The maximum Gasteiger partial charge on any atom is 0.223 e. The van der Waals surface area contributed by atoms with Crippen LogP contribution in [-0.2, 0) is 4.79 Å². The molecule has 2 fully saturated rings. The molecule has 0 radical (unpaired) electrons. The van der Waals surface area contributed by atoms with Crippen LogP contribution in [0.5, 0.6) is 0 Å². The molecule has 3 nitrogen and oxygen atoms in total. The van der Waals surface area contributed by atoms with Crippen LogP contribution in [0.3, 0.4) is 0 Å². The van der Waals surface area contributed by atoms with Gasteiger partial charge in [-0.05, 0) is 38.8 Å². The summed E-state index contributed by atoms with van der Waals surface area (Å²) in [4.78, 5) is 14.3. The number of carbonyl (C=O) groups excluding carboxylic acids is 1. The summed E-state index contributed by atoms with van der Waals surface area (Å²) >= 11 is 0. The van der Waals surface area contributed by atoms with Crippen LogP contribution in [0.25, 0.3) is 0 Å². The van der Waals surface area contributed by atoms with Gasteiger partial charge in [-0.25, -0.2) is 0 Å². The average Bonchev–Trinajstić information content (AvgIpc) is 2.96. The summed E-state index contributed by atoms with van der Waals surface area (Å²) in [6, 6.07) is 0.593. The monoisotopic (exact) mass is 224 g/mol. The molecule has 0 aromatic carbocycles. The summed E-state index contributed by atoms with van der Waals surface area (Å²) in [5.74, 6) is 0.622. The van der Waals surface area contributed by atoms with Gasteiger partial charge in [0.2, 0.25) is 5.91 Å². The topological polar surface area (TPSA) is 32.3 Å². The number of likely N-dealkylation sites (N-methyl/N-ethyl adjacent to an activating group) is 1. The molecule has 1 aliphatic heterocycles. The molecule has 1 amide bonds. The number of carbonyl (C=O) groups is 1. The molecule has 0 aromatic heterocycles. The second kappa shape index (κ2) is 5.67. The van der Waals surface area contributed by atoms with Crippen LogP contribution >= 0.6 is 0 Å². The van der Waals surface area contributed by atoms with Gasteiger partial charge in [-0.15, -0.1) is 0 Å². The normalized spacial score (nSPS) is 27.4. The Balaban J connectivity index is 1.71. The minimum atomic E-state index is 0.306. The zero-order valence-corrected chi connectivity index (χ0v) is 10.4. The van der Waals surface area contributed by atoms with Gasteiger partial charge in [-0.3, -0.25) is 9.69 Å². The predicted molar refractivity (Wildman–Crippen MR) is 65.2 cm³/mol. The van der Waals surface area contributed by atoms with Crippen LogP contribution in [0.4, 0.5) is 0 Å². The van der Waals surface area contributed by atoms with Gasteiger partial charge >= 0.3 is 0 Å². The largest absolute Gasteiger partial charge is 0.354 e. The van der Waals surface area contributed by atoms with Crippen LogP contribution in [0.15, 0.2) is 0 Å². The lowest BCUT2D eigenvalue weighted by Gasteiger charge is -2.23. The molecule has 2 aliphatic rings. The maximum absolute atomic E-state index is 11.9. The van der Waals surface area contributed by atoms with Gasteiger partial charge in [0.15, 0.2) is 0 Å². The molecule has 92 valence electrons. The minimum Gasteiger partial charge on any atom is -0.354 e. The van der Waals surface area contributed by atoms with Crippen LogP contribution in [0, 0.1) is 5.92 Å². The van der Waals surface area contributed by atoms with Crippen molar-refractivity contribution in [1.82, 2.24) is 10.2 Å². The molecule has 0 spiro atoms.